The van der Waals surface area contributed by atoms with Crippen molar-refractivity contribution in [1.82, 2.24) is 9.88 Å². The van der Waals surface area contributed by atoms with Crippen LogP contribution >= 0.6 is 11.3 Å². The molecule has 5 nitrogen and oxygen atoms in total. The molecule has 1 saturated carbocycles. The van der Waals surface area contributed by atoms with Gasteiger partial charge < -0.3 is 15.4 Å². The van der Waals surface area contributed by atoms with Crippen LogP contribution in [0.25, 0.3) is 32.6 Å². The van der Waals surface area contributed by atoms with Gasteiger partial charge in [0.05, 0.1) is 18.5 Å². The minimum absolute atomic E-state index is 0.00162. The fourth-order valence-electron chi connectivity index (χ4n) is 4.94. The van der Waals surface area contributed by atoms with E-state index in [-0.39, 0.29) is 11.9 Å². The largest absolute Gasteiger partial charge is 0.497 e. The Balaban J connectivity index is 1.64. The number of carbonyl (C=O) groups excluding carboxylic acids is 1. The summed E-state index contributed by atoms with van der Waals surface area (Å²) >= 11 is 1.40. The maximum absolute atomic E-state index is 13.6. The molecule has 1 aliphatic carbocycles. The lowest BCUT2D eigenvalue weighted by Gasteiger charge is -2.31. The first-order valence-electron chi connectivity index (χ1n) is 12.2. The van der Waals surface area contributed by atoms with Gasteiger partial charge in [0, 0.05) is 24.0 Å². The highest BCUT2D eigenvalue weighted by atomic mass is 32.1. The van der Waals surface area contributed by atoms with E-state index < -0.39 is 0 Å². The van der Waals surface area contributed by atoms with Crippen molar-refractivity contribution >= 4 is 33.1 Å². The maximum atomic E-state index is 13.6. The SMILES string of the molecule is COc1ccc(-c2cc(-c3ccc(C)cc3)c3c(N)c(C(=O)N(C)C4CCCCC4)sc3n2)cc1. The smallest absolute Gasteiger partial charge is 0.266 e. The van der Waals surface area contributed by atoms with E-state index in [0.29, 0.717) is 10.6 Å². The Kier molecular flexibility index (Phi) is 6.48. The first-order chi connectivity index (χ1) is 17.0. The summed E-state index contributed by atoms with van der Waals surface area (Å²) in [5, 5.41) is 0.858. The molecular weight excluding hydrogens is 454 g/mol. The minimum Gasteiger partial charge on any atom is -0.497 e. The van der Waals surface area contributed by atoms with Crippen LogP contribution < -0.4 is 10.5 Å². The standard InChI is InChI=1S/C29H31N3O2S/c1-18-9-11-19(12-10-18)23-17-24(20-13-15-22(34-3)16-14-20)31-28-25(23)26(30)27(35-28)29(33)32(2)21-7-5-4-6-8-21/h9-17,21H,4-8,30H2,1-3H3. The highest BCUT2D eigenvalue weighted by molar-refractivity contribution is 7.21. The number of fused-ring (bicyclic) bond motifs is 1. The lowest BCUT2D eigenvalue weighted by molar-refractivity contribution is 0.0702. The molecule has 4 aromatic rings. The van der Waals surface area contributed by atoms with Crippen LogP contribution in [0.4, 0.5) is 5.69 Å². The van der Waals surface area contributed by atoms with Crippen molar-refractivity contribution in [3.05, 3.63) is 65.0 Å². The number of hydrogen-bond donors (Lipinski definition) is 1. The number of aryl methyl sites for hydroxylation is 1. The van der Waals surface area contributed by atoms with Crippen molar-refractivity contribution in [2.75, 3.05) is 19.9 Å². The summed E-state index contributed by atoms with van der Waals surface area (Å²) in [6.45, 7) is 2.07. The molecule has 0 saturated heterocycles. The number of benzene rings is 2. The van der Waals surface area contributed by atoms with Gasteiger partial charge >= 0.3 is 0 Å². The molecule has 0 atom stereocenters. The Hall–Kier alpha value is -3.38. The van der Waals surface area contributed by atoms with E-state index in [2.05, 4.69) is 37.3 Å². The number of nitrogens with two attached hydrogens (primary N) is 1. The molecule has 1 aliphatic rings. The molecule has 5 rings (SSSR count). The summed E-state index contributed by atoms with van der Waals surface area (Å²) in [5.41, 5.74) is 12.3. The lowest BCUT2D eigenvalue weighted by Crippen LogP contribution is -2.38. The van der Waals surface area contributed by atoms with Gasteiger partial charge in [0.1, 0.15) is 15.5 Å². The van der Waals surface area contributed by atoms with Gasteiger partial charge in [-0.2, -0.15) is 0 Å². The second-order valence-electron chi connectivity index (χ2n) is 9.38. The van der Waals surface area contributed by atoms with Crippen LogP contribution in [0, 0.1) is 6.92 Å². The van der Waals surface area contributed by atoms with E-state index in [9.17, 15) is 4.79 Å². The molecule has 6 heteroatoms. The van der Waals surface area contributed by atoms with Gasteiger partial charge in [-0.1, -0.05) is 49.1 Å². The van der Waals surface area contributed by atoms with Crippen LogP contribution in [0.3, 0.4) is 0 Å². The monoisotopic (exact) mass is 485 g/mol. The Morgan fingerprint density at radius 3 is 2.34 bits per heavy atom. The predicted octanol–water partition coefficient (Wildman–Crippen LogP) is 6.93. The maximum Gasteiger partial charge on any atom is 0.266 e. The number of thiophene rings is 1. The van der Waals surface area contributed by atoms with Crippen LogP contribution in [0.5, 0.6) is 5.75 Å². The van der Waals surface area contributed by atoms with Crippen molar-refractivity contribution in [3.8, 4) is 28.1 Å². The Morgan fingerprint density at radius 2 is 1.69 bits per heavy atom. The van der Waals surface area contributed by atoms with Gasteiger partial charge in [0.15, 0.2) is 0 Å². The summed E-state index contributed by atoms with van der Waals surface area (Å²) in [6.07, 6.45) is 5.72. The van der Waals surface area contributed by atoms with Gasteiger partial charge in [-0.05, 0) is 61.2 Å². The van der Waals surface area contributed by atoms with Crippen molar-refractivity contribution in [2.24, 2.45) is 0 Å². The lowest BCUT2D eigenvalue weighted by atomic mass is 9.94. The van der Waals surface area contributed by atoms with E-state index in [4.69, 9.17) is 15.5 Å². The summed E-state index contributed by atoms with van der Waals surface area (Å²) in [6, 6.07) is 18.6. The summed E-state index contributed by atoms with van der Waals surface area (Å²) in [5.74, 6) is 0.797. The van der Waals surface area contributed by atoms with E-state index in [1.54, 1.807) is 7.11 Å². The summed E-state index contributed by atoms with van der Waals surface area (Å²) in [4.78, 5) is 21.8. The molecule has 2 heterocycles. The number of pyridine rings is 1. The van der Waals surface area contributed by atoms with Gasteiger partial charge in [-0.25, -0.2) is 4.98 Å². The Labute approximate surface area is 210 Å². The molecular formula is C29H31N3O2S. The molecule has 180 valence electrons. The first kappa shape index (κ1) is 23.4. The number of anilines is 1. The van der Waals surface area contributed by atoms with Gasteiger partial charge in [0.25, 0.3) is 5.91 Å². The number of nitrogens with zero attached hydrogens (tertiary/aromatic N) is 2. The van der Waals surface area contributed by atoms with Gasteiger partial charge in [-0.3, -0.25) is 4.79 Å². The molecule has 35 heavy (non-hydrogen) atoms. The highest BCUT2D eigenvalue weighted by Gasteiger charge is 2.28. The molecule has 2 aromatic heterocycles. The predicted molar refractivity (Wildman–Crippen MR) is 145 cm³/mol. The number of aromatic nitrogens is 1. The van der Waals surface area contributed by atoms with Crippen LogP contribution in [0.15, 0.2) is 54.6 Å². The van der Waals surface area contributed by atoms with Crippen molar-refractivity contribution in [2.45, 2.75) is 45.1 Å². The van der Waals surface area contributed by atoms with Crippen molar-refractivity contribution in [1.29, 1.82) is 0 Å². The normalized spacial score (nSPS) is 14.3. The number of hydrogen-bond acceptors (Lipinski definition) is 5. The van der Waals surface area contributed by atoms with E-state index >= 15 is 0 Å². The number of amides is 1. The number of methoxy groups -OCH3 is 1. The fraction of sp³-hybridized carbons (Fsp3) is 0.310. The Bertz CT molecular complexity index is 1350. The molecule has 0 spiro atoms. The van der Waals surface area contributed by atoms with Crippen molar-refractivity contribution in [3.63, 3.8) is 0 Å². The minimum atomic E-state index is -0.00162. The molecule has 1 amide bonds. The van der Waals surface area contributed by atoms with Crippen LogP contribution in [-0.4, -0.2) is 36.0 Å². The second kappa shape index (κ2) is 9.70. The third kappa shape index (κ3) is 4.50. The molecule has 0 bridgehead atoms. The molecule has 0 unspecified atom stereocenters. The number of carbonyl (C=O) groups is 1. The van der Waals surface area contributed by atoms with Gasteiger partial charge in [0.2, 0.25) is 0 Å². The zero-order valence-corrected chi connectivity index (χ0v) is 21.3. The van der Waals surface area contributed by atoms with E-state index in [1.807, 2.05) is 36.2 Å². The Morgan fingerprint density at radius 1 is 1.03 bits per heavy atom. The zero-order valence-electron chi connectivity index (χ0n) is 20.5. The number of ether oxygens (including phenoxy) is 1. The van der Waals surface area contributed by atoms with E-state index in [1.165, 1.54) is 36.2 Å². The quantitative estimate of drug-likeness (QED) is 0.333. The van der Waals surface area contributed by atoms with Crippen LogP contribution in [0.2, 0.25) is 0 Å². The number of nitrogen functional groups attached to an aromatic ring is 1. The summed E-state index contributed by atoms with van der Waals surface area (Å²) in [7, 11) is 3.57. The molecule has 0 aliphatic heterocycles. The summed E-state index contributed by atoms with van der Waals surface area (Å²) < 4.78 is 5.32. The molecule has 2 N–H and O–H groups in total. The second-order valence-corrected chi connectivity index (χ2v) is 10.4. The molecule has 1 fully saturated rings. The molecule has 2 aromatic carbocycles. The highest BCUT2D eigenvalue weighted by Crippen LogP contribution is 2.42. The van der Waals surface area contributed by atoms with Crippen molar-refractivity contribution < 1.29 is 9.53 Å². The third-order valence-electron chi connectivity index (χ3n) is 7.08. The van der Waals surface area contributed by atoms with E-state index in [0.717, 1.165) is 51.2 Å². The van der Waals surface area contributed by atoms with Crippen LogP contribution in [0.1, 0.15) is 47.3 Å². The zero-order chi connectivity index (χ0) is 24.5. The average molecular weight is 486 g/mol. The average Bonchev–Trinajstić information content (AvgIpc) is 3.24. The fourth-order valence-corrected chi connectivity index (χ4v) is 6.05. The van der Waals surface area contributed by atoms with Gasteiger partial charge in [-0.15, -0.1) is 11.3 Å². The van der Waals surface area contributed by atoms with Crippen LogP contribution in [-0.2, 0) is 0 Å². The topological polar surface area (TPSA) is 68.5 Å². The first-order valence-corrected chi connectivity index (χ1v) is 13.0. The number of rotatable bonds is 5. The molecule has 0 radical (unpaired) electrons. The third-order valence-corrected chi connectivity index (χ3v) is 8.17.